The van der Waals surface area contributed by atoms with Gasteiger partial charge in [-0.2, -0.15) is 0 Å². The number of thiophene rings is 1. The molecule has 1 amide bonds. The van der Waals surface area contributed by atoms with Crippen LogP contribution in [0.5, 0.6) is 11.5 Å². The monoisotopic (exact) mass is 446 g/mol. The molecule has 1 aromatic heterocycles. The molecular formula is C21H22N2O5S2. The van der Waals surface area contributed by atoms with Crippen LogP contribution in [0.1, 0.15) is 22.2 Å². The topological polar surface area (TPSA) is 93.7 Å². The minimum Gasteiger partial charge on any atom is -0.494 e. The molecule has 0 saturated heterocycles. The summed E-state index contributed by atoms with van der Waals surface area (Å²) < 4.78 is 37.0. The van der Waals surface area contributed by atoms with Gasteiger partial charge >= 0.3 is 0 Å². The third-order valence-electron chi connectivity index (χ3n) is 4.16. The van der Waals surface area contributed by atoms with Crippen molar-refractivity contribution in [3.63, 3.8) is 0 Å². The Hall–Kier alpha value is -3.04. The van der Waals surface area contributed by atoms with Gasteiger partial charge in [0, 0.05) is 22.2 Å². The molecule has 0 aliphatic carbocycles. The third-order valence-corrected chi connectivity index (χ3v) is 6.30. The molecule has 30 heavy (non-hydrogen) atoms. The number of anilines is 2. The predicted octanol–water partition coefficient (Wildman–Crippen LogP) is 4.35. The van der Waals surface area contributed by atoms with E-state index in [2.05, 4.69) is 10.0 Å². The highest BCUT2D eigenvalue weighted by Crippen LogP contribution is 2.29. The predicted molar refractivity (Wildman–Crippen MR) is 119 cm³/mol. The van der Waals surface area contributed by atoms with E-state index < -0.39 is 10.0 Å². The fourth-order valence-corrected chi connectivity index (χ4v) is 3.84. The summed E-state index contributed by atoms with van der Waals surface area (Å²) in [6.45, 7) is 1.98. The Morgan fingerprint density at radius 2 is 1.93 bits per heavy atom. The van der Waals surface area contributed by atoms with E-state index in [0.717, 1.165) is 4.88 Å². The lowest BCUT2D eigenvalue weighted by atomic mass is 10.2. The fraction of sp³-hybridized carbons (Fsp3) is 0.190. The van der Waals surface area contributed by atoms with Crippen molar-refractivity contribution in [2.75, 3.05) is 22.9 Å². The lowest BCUT2D eigenvalue weighted by Gasteiger charge is -2.13. The van der Waals surface area contributed by atoms with Crippen LogP contribution in [0, 0.1) is 0 Å². The van der Waals surface area contributed by atoms with Crippen LogP contribution in [-0.4, -0.2) is 27.2 Å². The van der Waals surface area contributed by atoms with E-state index in [1.807, 2.05) is 17.5 Å². The Bertz CT molecular complexity index is 1110. The number of nitrogens with one attached hydrogen (secondary N) is 2. The number of hydrogen-bond donors (Lipinski definition) is 2. The van der Waals surface area contributed by atoms with Crippen molar-refractivity contribution in [2.45, 2.75) is 13.5 Å². The van der Waals surface area contributed by atoms with E-state index in [-0.39, 0.29) is 11.7 Å². The summed E-state index contributed by atoms with van der Waals surface area (Å²) in [5.41, 5.74) is 1.22. The number of amides is 1. The largest absolute Gasteiger partial charge is 0.494 e. The molecule has 2 aromatic carbocycles. The van der Waals surface area contributed by atoms with E-state index in [1.54, 1.807) is 60.7 Å². The Morgan fingerprint density at radius 3 is 2.63 bits per heavy atom. The summed E-state index contributed by atoms with van der Waals surface area (Å²) in [7, 11) is -2.01. The second kappa shape index (κ2) is 9.64. The highest BCUT2D eigenvalue weighted by atomic mass is 32.2. The summed E-state index contributed by atoms with van der Waals surface area (Å²) >= 11 is 1.60. The average molecular weight is 447 g/mol. The number of hydrogen-bond acceptors (Lipinski definition) is 6. The normalized spacial score (nSPS) is 11.0. The van der Waals surface area contributed by atoms with Gasteiger partial charge in [-0.1, -0.05) is 12.1 Å². The van der Waals surface area contributed by atoms with Crippen molar-refractivity contribution >= 4 is 38.6 Å². The first-order chi connectivity index (χ1) is 14.4. The average Bonchev–Trinajstić information content (AvgIpc) is 3.27. The Labute approximate surface area is 179 Å². The van der Waals surface area contributed by atoms with Gasteiger partial charge in [0.05, 0.1) is 18.6 Å². The number of sulfonamides is 1. The van der Waals surface area contributed by atoms with Crippen LogP contribution >= 0.6 is 11.3 Å². The second-order valence-electron chi connectivity index (χ2n) is 6.27. The minimum atomic E-state index is -3.44. The van der Waals surface area contributed by atoms with Gasteiger partial charge in [-0.3, -0.25) is 9.52 Å². The van der Waals surface area contributed by atoms with E-state index in [0.29, 0.717) is 35.0 Å². The highest BCUT2D eigenvalue weighted by Gasteiger charge is 2.13. The molecule has 0 unspecified atom stereocenters. The van der Waals surface area contributed by atoms with Crippen molar-refractivity contribution in [3.8, 4) is 11.5 Å². The summed E-state index contributed by atoms with van der Waals surface area (Å²) in [6.07, 6.45) is 0. The molecule has 158 valence electrons. The first-order valence-electron chi connectivity index (χ1n) is 9.15. The Morgan fingerprint density at radius 1 is 1.10 bits per heavy atom. The van der Waals surface area contributed by atoms with Gasteiger partial charge in [0.15, 0.2) is 0 Å². The molecule has 7 nitrogen and oxygen atoms in total. The number of carbonyl (C=O) groups is 1. The zero-order chi connectivity index (χ0) is 21.6. The molecule has 0 spiro atoms. The number of rotatable bonds is 9. The number of ether oxygens (including phenoxy) is 2. The molecular weight excluding hydrogens is 424 g/mol. The smallest absolute Gasteiger partial charge is 0.255 e. The number of methoxy groups -OCH3 is 1. The quantitative estimate of drug-likeness (QED) is 0.510. The van der Waals surface area contributed by atoms with Gasteiger partial charge < -0.3 is 14.8 Å². The zero-order valence-electron chi connectivity index (χ0n) is 16.5. The van der Waals surface area contributed by atoms with Crippen molar-refractivity contribution in [2.24, 2.45) is 0 Å². The number of carbonyl (C=O) groups excluding carboxylic acids is 1. The molecule has 0 aliphatic rings. The van der Waals surface area contributed by atoms with E-state index >= 15 is 0 Å². The lowest BCUT2D eigenvalue weighted by Crippen LogP contribution is -2.16. The zero-order valence-corrected chi connectivity index (χ0v) is 18.2. The standard InChI is InChI=1S/C21H22N2O5S2/c1-3-30(25,26)23-19-10-9-16(13-20(19)27-2)22-21(24)15-6-4-7-17(12-15)28-14-18-8-5-11-29-18/h4-13,23H,3,14H2,1-2H3,(H,22,24). The van der Waals surface area contributed by atoms with E-state index in [1.165, 1.54) is 7.11 Å². The summed E-state index contributed by atoms with van der Waals surface area (Å²) in [5, 5.41) is 4.77. The van der Waals surface area contributed by atoms with Gasteiger partial charge in [0.25, 0.3) is 5.91 Å². The molecule has 0 saturated carbocycles. The SMILES string of the molecule is CCS(=O)(=O)Nc1ccc(NC(=O)c2cccc(OCc3cccs3)c2)cc1OC. The second-order valence-corrected chi connectivity index (χ2v) is 9.31. The van der Waals surface area contributed by atoms with Crippen LogP contribution in [0.4, 0.5) is 11.4 Å². The van der Waals surface area contributed by atoms with Gasteiger partial charge in [-0.25, -0.2) is 8.42 Å². The van der Waals surface area contributed by atoms with E-state index in [4.69, 9.17) is 9.47 Å². The van der Waals surface area contributed by atoms with Crippen molar-refractivity contribution in [3.05, 3.63) is 70.4 Å². The third kappa shape index (κ3) is 5.74. The molecule has 0 bridgehead atoms. The van der Waals surface area contributed by atoms with Gasteiger partial charge in [-0.15, -0.1) is 11.3 Å². The molecule has 1 heterocycles. The molecule has 9 heteroatoms. The van der Waals surface area contributed by atoms with Gasteiger partial charge in [-0.05, 0) is 48.7 Å². The van der Waals surface area contributed by atoms with Gasteiger partial charge in [0.1, 0.15) is 18.1 Å². The van der Waals surface area contributed by atoms with Crippen LogP contribution in [0.25, 0.3) is 0 Å². The summed E-state index contributed by atoms with van der Waals surface area (Å²) in [5.74, 6) is 0.524. The van der Waals surface area contributed by atoms with Crippen molar-refractivity contribution < 1.29 is 22.7 Å². The molecule has 3 aromatic rings. The number of benzene rings is 2. The summed E-state index contributed by atoms with van der Waals surface area (Å²) in [4.78, 5) is 13.7. The van der Waals surface area contributed by atoms with Crippen molar-refractivity contribution in [1.82, 2.24) is 0 Å². The maximum atomic E-state index is 12.6. The van der Waals surface area contributed by atoms with Crippen LogP contribution < -0.4 is 19.5 Å². The fourth-order valence-electron chi connectivity index (χ4n) is 2.57. The highest BCUT2D eigenvalue weighted by molar-refractivity contribution is 7.92. The molecule has 0 fully saturated rings. The minimum absolute atomic E-state index is 0.0560. The molecule has 0 aliphatic heterocycles. The van der Waals surface area contributed by atoms with Crippen molar-refractivity contribution in [1.29, 1.82) is 0 Å². The molecule has 3 rings (SSSR count). The van der Waals surface area contributed by atoms with E-state index in [9.17, 15) is 13.2 Å². The van der Waals surface area contributed by atoms with Crippen LogP contribution in [0.3, 0.4) is 0 Å². The Balaban J connectivity index is 1.70. The van der Waals surface area contributed by atoms with Crippen LogP contribution in [0.2, 0.25) is 0 Å². The summed E-state index contributed by atoms with van der Waals surface area (Å²) in [6, 6.07) is 15.6. The maximum absolute atomic E-state index is 12.6. The Kier molecular flexibility index (Phi) is 6.96. The first kappa shape index (κ1) is 21.7. The molecule has 0 radical (unpaired) electrons. The lowest BCUT2D eigenvalue weighted by molar-refractivity contribution is 0.102. The molecule has 0 atom stereocenters. The van der Waals surface area contributed by atoms with Gasteiger partial charge in [0.2, 0.25) is 10.0 Å². The van der Waals surface area contributed by atoms with Crippen LogP contribution in [-0.2, 0) is 16.6 Å². The van der Waals surface area contributed by atoms with Crippen LogP contribution in [0.15, 0.2) is 60.0 Å². The maximum Gasteiger partial charge on any atom is 0.255 e. The molecule has 2 N–H and O–H groups in total. The first-order valence-corrected chi connectivity index (χ1v) is 11.7.